The summed E-state index contributed by atoms with van der Waals surface area (Å²) in [4.78, 5) is 25.3. The number of hydrogen-bond donors (Lipinski definition) is 1. The van der Waals surface area contributed by atoms with Crippen LogP contribution in [0.25, 0.3) is 0 Å². The average Bonchev–Trinajstić information content (AvgIpc) is 2.75. The van der Waals surface area contributed by atoms with Crippen LogP contribution < -0.4 is 10.1 Å². The minimum absolute atomic E-state index is 0.116. The lowest BCUT2D eigenvalue weighted by Gasteiger charge is -2.14. The third-order valence-corrected chi connectivity index (χ3v) is 4.75. The number of fused-ring (bicyclic) bond motifs is 1. The van der Waals surface area contributed by atoms with E-state index >= 15 is 0 Å². The van der Waals surface area contributed by atoms with E-state index in [4.69, 9.17) is 9.47 Å². The summed E-state index contributed by atoms with van der Waals surface area (Å²) in [5, 5.41) is 2.80. The molecule has 1 atom stereocenters. The molecule has 0 bridgehead atoms. The monoisotopic (exact) mass is 343 g/mol. The Hall–Kier alpha value is -2.47. The first-order valence-electron chi connectivity index (χ1n) is 7.51. The molecule has 3 rings (SSSR count). The molecule has 0 saturated carbocycles. The van der Waals surface area contributed by atoms with E-state index < -0.39 is 12.1 Å². The van der Waals surface area contributed by atoms with Gasteiger partial charge in [0.1, 0.15) is 5.75 Å². The smallest absolute Gasteiger partial charge is 0.311 e. The standard InChI is InChI=1S/C18H17NO4S/c1-22-13-8-6-12(7-9-13)10-17(20)23-15-11-24-16-5-3-2-4-14(16)19-18(15)21/h2-9,15H,10-11H2,1H3,(H,19,21). The van der Waals surface area contributed by atoms with Gasteiger partial charge in [0, 0.05) is 10.6 Å². The van der Waals surface area contributed by atoms with Crippen LogP contribution in [0.2, 0.25) is 0 Å². The van der Waals surface area contributed by atoms with Crippen LogP contribution in [0.5, 0.6) is 5.75 Å². The number of benzene rings is 2. The highest BCUT2D eigenvalue weighted by Gasteiger charge is 2.27. The summed E-state index contributed by atoms with van der Waals surface area (Å²) in [5.41, 5.74) is 1.56. The van der Waals surface area contributed by atoms with Crippen molar-refractivity contribution in [3.8, 4) is 5.75 Å². The van der Waals surface area contributed by atoms with Gasteiger partial charge in [0.25, 0.3) is 5.91 Å². The fourth-order valence-corrected chi connectivity index (χ4v) is 3.35. The van der Waals surface area contributed by atoms with E-state index in [1.165, 1.54) is 11.8 Å². The summed E-state index contributed by atoms with van der Waals surface area (Å²) in [6.07, 6.45) is -0.682. The Balaban J connectivity index is 1.61. The molecule has 1 unspecified atom stereocenters. The molecule has 1 heterocycles. The van der Waals surface area contributed by atoms with Crippen molar-refractivity contribution in [2.45, 2.75) is 17.4 Å². The Bertz CT molecular complexity index is 745. The predicted molar refractivity (Wildman–Crippen MR) is 92.4 cm³/mol. The molecular weight excluding hydrogens is 326 g/mol. The van der Waals surface area contributed by atoms with Crippen molar-refractivity contribution < 1.29 is 19.1 Å². The number of methoxy groups -OCH3 is 1. The number of nitrogens with one attached hydrogen (secondary N) is 1. The zero-order chi connectivity index (χ0) is 16.9. The van der Waals surface area contributed by atoms with Gasteiger partial charge in [0.05, 0.1) is 19.2 Å². The van der Waals surface area contributed by atoms with Crippen LogP contribution in [0.1, 0.15) is 5.56 Å². The molecule has 1 aliphatic heterocycles. The molecule has 5 nitrogen and oxygen atoms in total. The number of para-hydroxylation sites is 1. The first kappa shape index (κ1) is 16.4. The lowest BCUT2D eigenvalue weighted by atomic mass is 10.1. The van der Waals surface area contributed by atoms with Gasteiger partial charge in [0.15, 0.2) is 6.10 Å². The minimum atomic E-state index is -0.798. The van der Waals surface area contributed by atoms with Crippen LogP contribution in [0.4, 0.5) is 5.69 Å². The molecule has 0 spiro atoms. The zero-order valence-electron chi connectivity index (χ0n) is 13.2. The van der Waals surface area contributed by atoms with Crippen LogP contribution in [-0.4, -0.2) is 30.8 Å². The van der Waals surface area contributed by atoms with Crippen molar-refractivity contribution in [1.29, 1.82) is 0 Å². The van der Waals surface area contributed by atoms with Gasteiger partial charge >= 0.3 is 5.97 Å². The van der Waals surface area contributed by atoms with Crippen LogP contribution in [-0.2, 0) is 20.7 Å². The largest absolute Gasteiger partial charge is 0.497 e. The highest BCUT2D eigenvalue weighted by atomic mass is 32.2. The van der Waals surface area contributed by atoms with Crippen LogP contribution in [0.3, 0.4) is 0 Å². The molecule has 0 radical (unpaired) electrons. The van der Waals surface area contributed by atoms with Gasteiger partial charge in [-0.05, 0) is 29.8 Å². The van der Waals surface area contributed by atoms with Gasteiger partial charge in [-0.1, -0.05) is 24.3 Å². The number of anilines is 1. The Labute approximate surface area is 144 Å². The Kier molecular flexibility index (Phi) is 5.05. The number of carbonyl (C=O) groups excluding carboxylic acids is 2. The fraction of sp³-hybridized carbons (Fsp3) is 0.222. The number of ether oxygens (including phenoxy) is 2. The first-order chi connectivity index (χ1) is 11.7. The molecule has 0 aromatic heterocycles. The predicted octanol–water partition coefficient (Wildman–Crippen LogP) is 2.89. The Morgan fingerprint density at radius 3 is 2.71 bits per heavy atom. The number of thioether (sulfide) groups is 1. The molecular formula is C18H17NO4S. The second kappa shape index (κ2) is 7.40. The van der Waals surface area contributed by atoms with E-state index in [-0.39, 0.29) is 12.3 Å². The van der Waals surface area contributed by atoms with Gasteiger partial charge in [-0.3, -0.25) is 9.59 Å². The molecule has 1 amide bonds. The van der Waals surface area contributed by atoms with E-state index in [9.17, 15) is 9.59 Å². The Morgan fingerprint density at radius 2 is 1.96 bits per heavy atom. The second-order valence-corrected chi connectivity index (χ2v) is 6.36. The maximum absolute atomic E-state index is 12.2. The van der Waals surface area contributed by atoms with Crippen molar-refractivity contribution >= 4 is 29.3 Å². The lowest BCUT2D eigenvalue weighted by molar-refractivity contribution is -0.152. The summed E-state index contributed by atoms with van der Waals surface area (Å²) < 4.78 is 10.5. The SMILES string of the molecule is COc1ccc(CC(=O)OC2CSc3ccccc3NC2=O)cc1. The van der Waals surface area contributed by atoms with Gasteiger partial charge < -0.3 is 14.8 Å². The minimum Gasteiger partial charge on any atom is -0.497 e. The van der Waals surface area contributed by atoms with Crippen molar-refractivity contribution in [3.63, 3.8) is 0 Å². The molecule has 1 aliphatic rings. The highest BCUT2D eigenvalue weighted by Crippen LogP contribution is 2.31. The topological polar surface area (TPSA) is 64.6 Å². The number of esters is 1. The number of hydrogen-bond acceptors (Lipinski definition) is 5. The number of rotatable bonds is 4. The van der Waals surface area contributed by atoms with E-state index in [0.717, 1.165) is 21.9 Å². The molecule has 0 saturated heterocycles. The third-order valence-electron chi connectivity index (χ3n) is 3.61. The number of amides is 1. The van der Waals surface area contributed by atoms with Crippen molar-refractivity contribution in [1.82, 2.24) is 0 Å². The van der Waals surface area contributed by atoms with Crippen molar-refractivity contribution in [2.24, 2.45) is 0 Å². The third kappa shape index (κ3) is 3.89. The summed E-state index contributed by atoms with van der Waals surface area (Å²) >= 11 is 1.50. The summed E-state index contributed by atoms with van der Waals surface area (Å²) in [6.45, 7) is 0. The van der Waals surface area contributed by atoms with E-state index in [1.54, 1.807) is 31.4 Å². The Morgan fingerprint density at radius 1 is 1.21 bits per heavy atom. The van der Waals surface area contributed by atoms with Crippen molar-refractivity contribution in [3.05, 3.63) is 54.1 Å². The van der Waals surface area contributed by atoms with Gasteiger partial charge in [-0.25, -0.2) is 0 Å². The van der Waals surface area contributed by atoms with Gasteiger partial charge in [0.2, 0.25) is 0 Å². The molecule has 124 valence electrons. The van der Waals surface area contributed by atoms with E-state index in [2.05, 4.69) is 5.32 Å². The number of carbonyl (C=O) groups is 2. The molecule has 2 aromatic carbocycles. The van der Waals surface area contributed by atoms with Crippen LogP contribution in [0, 0.1) is 0 Å². The summed E-state index contributed by atoms with van der Waals surface area (Å²) in [7, 11) is 1.59. The fourth-order valence-electron chi connectivity index (χ4n) is 2.35. The second-order valence-electron chi connectivity index (χ2n) is 5.30. The zero-order valence-corrected chi connectivity index (χ0v) is 14.0. The van der Waals surface area contributed by atoms with E-state index in [1.807, 2.05) is 24.3 Å². The molecule has 6 heteroatoms. The summed E-state index contributed by atoms with van der Waals surface area (Å²) in [6, 6.07) is 14.7. The normalized spacial score (nSPS) is 16.5. The van der Waals surface area contributed by atoms with Crippen LogP contribution >= 0.6 is 11.8 Å². The molecule has 1 N–H and O–H groups in total. The van der Waals surface area contributed by atoms with Crippen molar-refractivity contribution in [2.75, 3.05) is 18.2 Å². The maximum atomic E-state index is 12.2. The summed E-state index contributed by atoms with van der Waals surface area (Å²) in [5.74, 6) is 0.406. The van der Waals surface area contributed by atoms with Gasteiger partial charge in [-0.2, -0.15) is 0 Å². The lowest BCUT2D eigenvalue weighted by Crippen LogP contribution is -2.33. The molecule has 2 aromatic rings. The quantitative estimate of drug-likeness (QED) is 0.865. The van der Waals surface area contributed by atoms with Crippen LogP contribution in [0.15, 0.2) is 53.4 Å². The molecule has 0 fully saturated rings. The molecule has 0 aliphatic carbocycles. The first-order valence-corrected chi connectivity index (χ1v) is 8.49. The highest BCUT2D eigenvalue weighted by molar-refractivity contribution is 7.99. The van der Waals surface area contributed by atoms with E-state index in [0.29, 0.717) is 5.75 Å². The maximum Gasteiger partial charge on any atom is 0.311 e. The average molecular weight is 343 g/mol. The van der Waals surface area contributed by atoms with Gasteiger partial charge in [-0.15, -0.1) is 11.8 Å². The molecule has 24 heavy (non-hydrogen) atoms.